The van der Waals surface area contributed by atoms with Crippen molar-refractivity contribution in [3.05, 3.63) is 77.9 Å². The first-order valence-electron chi connectivity index (χ1n) is 31.9. The fourth-order valence-electron chi connectivity index (χ4n) is 10.6. The number of rotatable bonds is 43. The van der Waals surface area contributed by atoms with Gasteiger partial charge in [-0.1, -0.05) is 54.6 Å². The maximum atomic E-state index is 14.9. The predicted molar refractivity (Wildman–Crippen MR) is 301 cm³/mol. The van der Waals surface area contributed by atoms with E-state index < -0.39 is 263 Å². The van der Waals surface area contributed by atoms with E-state index in [0.29, 0.717) is 10.9 Å². The standard InChI is InChI=1S/C63H43F51O6/c64-40(65,43(70,71)46(76,77)49(82,83)52(88,89)55(94,95)58(100,101)61(106,107)108)17-1-4-20-117-34-26-32(39(115)120-25-24-116-23-16-28-10-11-31-13-12-29-8-7-9-30-14-15-33(28)37(31)36(29)30)27-35(118-21-5-2-18-41(66,67)44(72,73)47(78,79)50(84,85)53(90,91)56(96,97)59(102,103)62(109,110)111)38(34)119-22-6-3-19-42(68,69)45(74,75)48(80,81)51(86,87)54(92,93)57(98,99)60(104,105)63(112,113)114/h7-15,26-27H,1-6,16-25H2. The summed E-state index contributed by atoms with van der Waals surface area (Å²) in [5, 5.41) is 4.57. The van der Waals surface area contributed by atoms with Crippen LogP contribution in [0.1, 0.15) is 73.7 Å². The molecule has 0 bridgehead atoms. The largest absolute Gasteiger partial charge is 0.490 e. The van der Waals surface area contributed by atoms with Crippen LogP contribution in [0.4, 0.5) is 224 Å². The molecule has 5 rings (SSSR count). The summed E-state index contributed by atoms with van der Waals surface area (Å²) in [7, 11) is 0. The lowest BCUT2D eigenvalue weighted by molar-refractivity contribution is -0.461. The Morgan fingerprint density at radius 2 is 0.525 bits per heavy atom. The van der Waals surface area contributed by atoms with E-state index in [1.165, 1.54) is 0 Å². The molecule has 5 aromatic carbocycles. The summed E-state index contributed by atoms with van der Waals surface area (Å²) in [4.78, 5) is 13.6. The van der Waals surface area contributed by atoms with E-state index in [9.17, 15) is 229 Å². The highest BCUT2D eigenvalue weighted by Gasteiger charge is 2.99. The van der Waals surface area contributed by atoms with E-state index in [0.717, 1.165) is 26.9 Å². The van der Waals surface area contributed by atoms with E-state index in [4.69, 9.17) is 23.7 Å². The van der Waals surface area contributed by atoms with Gasteiger partial charge in [-0.15, -0.1) is 0 Å². The number of halogens is 51. The van der Waals surface area contributed by atoms with Crippen molar-refractivity contribution in [1.29, 1.82) is 0 Å². The molecule has 6 nitrogen and oxygen atoms in total. The van der Waals surface area contributed by atoms with Gasteiger partial charge in [0.1, 0.15) is 6.61 Å². The molecule has 0 N–H and O–H groups in total. The minimum Gasteiger partial charge on any atom is -0.490 e. The van der Waals surface area contributed by atoms with Gasteiger partial charge in [-0.2, -0.15) is 224 Å². The van der Waals surface area contributed by atoms with Crippen LogP contribution in [0, 0.1) is 0 Å². The van der Waals surface area contributed by atoms with E-state index >= 15 is 0 Å². The Bertz CT molecular complexity index is 4200. The summed E-state index contributed by atoms with van der Waals surface area (Å²) in [6.45, 7) is -7.60. The maximum Gasteiger partial charge on any atom is 0.460 e. The molecule has 0 aliphatic heterocycles. The molecule has 0 amide bonds. The molecule has 0 aliphatic rings. The average molecular weight is 1860 g/mol. The summed E-state index contributed by atoms with van der Waals surface area (Å²) in [6, 6.07) is 15.8. The number of hydrogen-bond donors (Lipinski definition) is 0. The van der Waals surface area contributed by atoms with E-state index in [-0.39, 0.29) is 25.2 Å². The molecule has 0 spiro atoms. The Balaban J connectivity index is 1.54. The topological polar surface area (TPSA) is 63.2 Å². The van der Waals surface area contributed by atoms with Crippen molar-refractivity contribution in [3.8, 4) is 17.2 Å². The van der Waals surface area contributed by atoms with Crippen LogP contribution < -0.4 is 14.2 Å². The van der Waals surface area contributed by atoms with E-state index in [1.54, 1.807) is 54.6 Å². The van der Waals surface area contributed by atoms with Crippen LogP contribution in [-0.4, -0.2) is 189 Å². The van der Waals surface area contributed by atoms with Crippen LogP contribution in [0.2, 0.25) is 0 Å². The third-order valence-electron chi connectivity index (χ3n) is 17.6. The van der Waals surface area contributed by atoms with E-state index in [2.05, 4.69) is 0 Å². The highest BCUT2D eigenvalue weighted by atomic mass is 19.5. The third kappa shape index (κ3) is 16.6. The Morgan fingerprint density at radius 3 is 0.833 bits per heavy atom. The SMILES string of the molecule is O=C(OCCOCCc1ccc2ccc3cccc4ccc1c2c34)c1cc(OCCCCC(F)(F)C(F)(F)C(F)(F)C(F)(F)C(F)(F)C(F)(F)C(F)(F)C(F)(F)F)c(OCCCCC(F)(F)C(F)(F)C(F)(F)C(F)(F)C(F)(F)C(F)(F)C(F)(F)C(F)(F)F)c(OCCCCC(F)(F)C(F)(F)C(F)(F)C(F)(F)C(F)(F)C(F)(F)C(F)(F)C(F)(F)F)c1. The smallest absolute Gasteiger partial charge is 0.460 e. The summed E-state index contributed by atoms with van der Waals surface area (Å²) < 4.78 is 737. The number of hydrogen-bond acceptors (Lipinski definition) is 6. The molecule has 57 heteroatoms. The summed E-state index contributed by atoms with van der Waals surface area (Å²) in [5.74, 6) is -188. The summed E-state index contributed by atoms with van der Waals surface area (Å²) >= 11 is 0. The monoisotopic (exact) mass is 1860 g/mol. The van der Waals surface area contributed by atoms with Crippen molar-refractivity contribution in [2.45, 2.75) is 207 Å². The van der Waals surface area contributed by atoms with Crippen LogP contribution in [0.5, 0.6) is 17.2 Å². The lowest BCUT2D eigenvalue weighted by Gasteiger charge is -2.42. The van der Waals surface area contributed by atoms with Gasteiger partial charge < -0.3 is 23.7 Å². The van der Waals surface area contributed by atoms with Crippen LogP contribution in [0.25, 0.3) is 32.3 Å². The number of alkyl halides is 51. The van der Waals surface area contributed by atoms with Gasteiger partial charge in [-0.3, -0.25) is 0 Å². The molecule has 0 radical (unpaired) electrons. The molecule has 688 valence electrons. The normalized spacial score (nSPS) is 15.4. The molecular weight excluding hydrogens is 1820 g/mol. The molecule has 0 aliphatic carbocycles. The average Bonchev–Trinajstić information content (AvgIpc) is 0.697. The highest BCUT2D eigenvalue weighted by molar-refractivity contribution is 6.23. The third-order valence-corrected chi connectivity index (χ3v) is 17.6. The summed E-state index contributed by atoms with van der Waals surface area (Å²) in [6.07, 6.45) is -46.3. The fraction of sp³-hybridized carbons (Fsp3) is 0.635. The second kappa shape index (κ2) is 32.5. The van der Waals surface area contributed by atoms with E-state index in [1.807, 2.05) is 0 Å². The van der Waals surface area contributed by atoms with Crippen LogP contribution in [-0.2, 0) is 15.9 Å². The highest BCUT2D eigenvalue weighted by Crippen LogP contribution is 2.69. The second-order valence-corrected chi connectivity index (χ2v) is 25.7. The number of carbonyl (C=O) groups excluding carboxylic acids is 1. The molecule has 0 aromatic heterocycles. The van der Waals surface area contributed by atoms with Gasteiger partial charge in [-0.25, -0.2) is 4.79 Å². The summed E-state index contributed by atoms with van der Waals surface area (Å²) in [5.41, 5.74) is -0.739. The number of carbonyl (C=O) groups is 1. The first-order valence-corrected chi connectivity index (χ1v) is 31.9. The second-order valence-electron chi connectivity index (χ2n) is 25.7. The van der Waals surface area contributed by atoms with Gasteiger partial charge in [0.25, 0.3) is 0 Å². The molecule has 5 aromatic rings. The van der Waals surface area contributed by atoms with Gasteiger partial charge in [-0.05, 0) is 95.0 Å². The minimum absolute atomic E-state index is 0.0185. The Labute approximate surface area is 632 Å². The fourth-order valence-corrected chi connectivity index (χ4v) is 10.6. The molecule has 0 saturated heterocycles. The Hall–Kier alpha value is -7.60. The number of ether oxygens (including phenoxy) is 5. The zero-order chi connectivity index (χ0) is 93.6. The van der Waals surface area contributed by atoms with Crippen molar-refractivity contribution in [2.24, 2.45) is 0 Å². The first-order chi connectivity index (χ1) is 53.3. The van der Waals surface area contributed by atoms with Gasteiger partial charge in [0.15, 0.2) is 11.5 Å². The zero-order valence-electron chi connectivity index (χ0n) is 57.4. The lowest BCUT2D eigenvalue weighted by atomic mass is 9.88. The van der Waals surface area contributed by atoms with Crippen LogP contribution in [0.3, 0.4) is 0 Å². The number of esters is 1. The van der Waals surface area contributed by atoms with Crippen molar-refractivity contribution in [2.75, 3.05) is 39.6 Å². The molecule has 0 fully saturated rings. The minimum atomic E-state index is -9.15. The van der Waals surface area contributed by atoms with Gasteiger partial charge in [0.2, 0.25) is 5.75 Å². The van der Waals surface area contributed by atoms with Crippen molar-refractivity contribution in [1.82, 2.24) is 0 Å². The number of benzene rings is 5. The molecule has 0 unspecified atom stereocenters. The number of unbranched alkanes of at least 4 members (excludes halogenated alkanes) is 3. The molecular formula is C63H43F51O6. The van der Waals surface area contributed by atoms with Crippen molar-refractivity contribution >= 4 is 38.3 Å². The van der Waals surface area contributed by atoms with Gasteiger partial charge in [0.05, 0.1) is 38.6 Å². The van der Waals surface area contributed by atoms with Gasteiger partial charge >= 0.3 is 149 Å². The van der Waals surface area contributed by atoms with Crippen molar-refractivity contribution < 1.29 is 252 Å². The molecule has 0 heterocycles. The van der Waals surface area contributed by atoms with Gasteiger partial charge in [0, 0.05) is 19.3 Å². The molecule has 0 atom stereocenters. The quantitative estimate of drug-likeness (QED) is 0.0168. The predicted octanol–water partition coefficient (Wildman–Crippen LogP) is 25.7. The lowest BCUT2D eigenvalue weighted by Crippen LogP contribution is -2.74. The van der Waals surface area contributed by atoms with Crippen LogP contribution >= 0.6 is 0 Å². The Morgan fingerprint density at radius 1 is 0.258 bits per heavy atom. The van der Waals surface area contributed by atoms with Crippen LogP contribution in [0.15, 0.2) is 66.7 Å². The first kappa shape index (κ1) is 103. The maximum absolute atomic E-state index is 14.9. The zero-order valence-corrected chi connectivity index (χ0v) is 57.4. The Kier molecular flexibility index (Phi) is 27.9. The molecule has 0 saturated carbocycles. The molecule has 120 heavy (non-hydrogen) atoms. The van der Waals surface area contributed by atoms with Crippen molar-refractivity contribution in [3.63, 3.8) is 0 Å².